The van der Waals surface area contributed by atoms with E-state index in [1.54, 1.807) is 30.0 Å². The second-order valence-electron chi connectivity index (χ2n) is 6.63. The van der Waals surface area contributed by atoms with Crippen molar-refractivity contribution in [3.8, 4) is 0 Å². The number of nitrogens with one attached hydrogen (secondary N) is 2. The van der Waals surface area contributed by atoms with Crippen LogP contribution in [0.25, 0.3) is 0 Å². The minimum atomic E-state index is -0.183. The lowest BCUT2D eigenvalue weighted by atomic mass is 9.95. The van der Waals surface area contributed by atoms with Crippen molar-refractivity contribution in [1.82, 2.24) is 4.90 Å². The molecule has 1 aliphatic heterocycles. The fourth-order valence-corrected chi connectivity index (χ4v) is 3.94. The Kier molecular flexibility index (Phi) is 6.70. The van der Waals surface area contributed by atoms with Gasteiger partial charge in [0, 0.05) is 31.1 Å². The standard InChI is InChI=1S/C20H22ClN3O3S/c1-2-18(25)22-14-5-6-15(21)16(12-14)23-19(26)13-7-9-24(10-8-13)20(27)17-4-3-11-28-17/h3-6,11-13H,2,7-10H2,1H3,(H,22,25)(H,23,26). The molecule has 1 aliphatic rings. The molecule has 8 heteroatoms. The van der Waals surface area contributed by atoms with E-state index in [0.29, 0.717) is 48.7 Å². The van der Waals surface area contributed by atoms with Gasteiger partial charge >= 0.3 is 0 Å². The number of likely N-dealkylation sites (tertiary alicyclic amines) is 1. The highest BCUT2D eigenvalue weighted by molar-refractivity contribution is 7.12. The van der Waals surface area contributed by atoms with Crippen LogP contribution in [0.3, 0.4) is 0 Å². The van der Waals surface area contributed by atoms with Crippen LogP contribution >= 0.6 is 22.9 Å². The normalized spacial score (nSPS) is 14.6. The van der Waals surface area contributed by atoms with Gasteiger partial charge in [-0.05, 0) is 42.5 Å². The van der Waals surface area contributed by atoms with E-state index in [2.05, 4.69) is 10.6 Å². The van der Waals surface area contributed by atoms with Crippen LogP contribution in [-0.4, -0.2) is 35.7 Å². The van der Waals surface area contributed by atoms with E-state index in [1.165, 1.54) is 11.3 Å². The molecule has 1 fully saturated rings. The number of hydrogen-bond acceptors (Lipinski definition) is 4. The second-order valence-corrected chi connectivity index (χ2v) is 7.98. The molecular weight excluding hydrogens is 398 g/mol. The number of anilines is 2. The van der Waals surface area contributed by atoms with E-state index >= 15 is 0 Å². The van der Waals surface area contributed by atoms with Crippen molar-refractivity contribution in [2.45, 2.75) is 26.2 Å². The number of rotatable bonds is 5. The molecule has 0 radical (unpaired) electrons. The molecule has 0 unspecified atom stereocenters. The highest BCUT2D eigenvalue weighted by atomic mass is 35.5. The Hall–Kier alpha value is -2.38. The lowest BCUT2D eigenvalue weighted by molar-refractivity contribution is -0.121. The Labute approximate surface area is 172 Å². The fraction of sp³-hybridized carbons (Fsp3) is 0.350. The van der Waals surface area contributed by atoms with Gasteiger partial charge in [-0.1, -0.05) is 24.6 Å². The molecule has 6 nitrogen and oxygen atoms in total. The lowest BCUT2D eigenvalue weighted by Gasteiger charge is -2.31. The minimum absolute atomic E-state index is 0.0243. The summed E-state index contributed by atoms with van der Waals surface area (Å²) in [5, 5.41) is 7.90. The Morgan fingerprint density at radius 3 is 2.57 bits per heavy atom. The van der Waals surface area contributed by atoms with Gasteiger partial charge in [0.2, 0.25) is 11.8 Å². The number of thiophene rings is 1. The maximum Gasteiger partial charge on any atom is 0.263 e. The summed E-state index contributed by atoms with van der Waals surface area (Å²) in [4.78, 5) is 39.1. The monoisotopic (exact) mass is 419 g/mol. The highest BCUT2D eigenvalue weighted by Gasteiger charge is 2.28. The first-order chi connectivity index (χ1) is 13.5. The number of carbonyl (C=O) groups excluding carboxylic acids is 3. The molecule has 2 aromatic rings. The molecule has 2 heterocycles. The van der Waals surface area contributed by atoms with E-state index in [1.807, 2.05) is 17.5 Å². The van der Waals surface area contributed by atoms with Crippen LogP contribution < -0.4 is 10.6 Å². The summed E-state index contributed by atoms with van der Waals surface area (Å²) in [6.07, 6.45) is 1.58. The highest BCUT2D eigenvalue weighted by Crippen LogP contribution is 2.28. The number of carbonyl (C=O) groups is 3. The number of piperidine rings is 1. The molecule has 0 saturated carbocycles. The molecule has 3 amide bonds. The van der Waals surface area contributed by atoms with Crippen molar-refractivity contribution in [2.75, 3.05) is 23.7 Å². The van der Waals surface area contributed by atoms with Crippen LogP contribution in [0, 0.1) is 5.92 Å². The van der Waals surface area contributed by atoms with E-state index < -0.39 is 0 Å². The first-order valence-corrected chi connectivity index (χ1v) is 10.5. The van der Waals surface area contributed by atoms with Gasteiger partial charge in [-0.3, -0.25) is 14.4 Å². The maximum absolute atomic E-state index is 12.7. The van der Waals surface area contributed by atoms with Crippen LogP contribution in [0.4, 0.5) is 11.4 Å². The van der Waals surface area contributed by atoms with Crippen LogP contribution in [0.2, 0.25) is 5.02 Å². The molecule has 148 valence electrons. The second kappa shape index (κ2) is 9.21. The molecule has 2 N–H and O–H groups in total. The van der Waals surface area contributed by atoms with Gasteiger partial charge in [0.05, 0.1) is 15.6 Å². The third-order valence-corrected chi connectivity index (χ3v) is 5.90. The van der Waals surface area contributed by atoms with E-state index in [0.717, 1.165) is 4.88 Å². The van der Waals surface area contributed by atoms with Gasteiger partial charge < -0.3 is 15.5 Å². The summed E-state index contributed by atoms with van der Waals surface area (Å²) >= 11 is 7.62. The van der Waals surface area contributed by atoms with Crippen molar-refractivity contribution < 1.29 is 14.4 Å². The van der Waals surface area contributed by atoms with Crippen LogP contribution in [-0.2, 0) is 9.59 Å². The molecule has 0 aliphatic carbocycles. The summed E-state index contributed by atoms with van der Waals surface area (Å²) in [6, 6.07) is 8.67. The van der Waals surface area contributed by atoms with E-state index in [9.17, 15) is 14.4 Å². The lowest BCUT2D eigenvalue weighted by Crippen LogP contribution is -2.41. The van der Waals surface area contributed by atoms with Crippen LogP contribution in [0.15, 0.2) is 35.7 Å². The molecule has 0 bridgehead atoms. The quantitative estimate of drug-likeness (QED) is 0.760. The largest absolute Gasteiger partial charge is 0.338 e. The van der Waals surface area contributed by atoms with Crippen molar-refractivity contribution in [2.24, 2.45) is 5.92 Å². The van der Waals surface area contributed by atoms with E-state index in [4.69, 9.17) is 11.6 Å². The predicted molar refractivity (Wildman–Crippen MR) is 112 cm³/mol. The number of halogens is 1. The summed E-state index contributed by atoms with van der Waals surface area (Å²) in [6.45, 7) is 2.87. The Morgan fingerprint density at radius 1 is 1.18 bits per heavy atom. The number of nitrogens with zero attached hydrogens (tertiary/aromatic N) is 1. The maximum atomic E-state index is 12.7. The summed E-state index contributed by atoms with van der Waals surface area (Å²) in [7, 11) is 0. The smallest absolute Gasteiger partial charge is 0.263 e. The first-order valence-electron chi connectivity index (χ1n) is 9.21. The Bertz CT molecular complexity index is 862. The zero-order chi connectivity index (χ0) is 20.1. The zero-order valence-corrected chi connectivity index (χ0v) is 17.1. The van der Waals surface area contributed by atoms with Gasteiger partial charge in [-0.25, -0.2) is 0 Å². The zero-order valence-electron chi connectivity index (χ0n) is 15.5. The first kappa shape index (κ1) is 20.4. The third kappa shape index (κ3) is 4.91. The van der Waals surface area contributed by atoms with Gasteiger partial charge in [0.25, 0.3) is 5.91 Å². The SMILES string of the molecule is CCC(=O)Nc1ccc(Cl)c(NC(=O)C2CCN(C(=O)c3cccs3)CC2)c1. The van der Waals surface area contributed by atoms with Crippen LogP contribution in [0.5, 0.6) is 0 Å². The summed E-state index contributed by atoms with van der Waals surface area (Å²) < 4.78 is 0. The molecule has 28 heavy (non-hydrogen) atoms. The fourth-order valence-electron chi connectivity index (χ4n) is 3.08. The molecule has 0 spiro atoms. The van der Waals surface area contributed by atoms with Crippen molar-refractivity contribution in [3.05, 3.63) is 45.6 Å². The van der Waals surface area contributed by atoms with Crippen LogP contribution in [0.1, 0.15) is 35.9 Å². The molecule has 1 saturated heterocycles. The topological polar surface area (TPSA) is 78.5 Å². The van der Waals surface area contributed by atoms with Crippen molar-refractivity contribution >= 4 is 52.0 Å². The van der Waals surface area contributed by atoms with Gasteiger partial charge in [0.15, 0.2) is 0 Å². The minimum Gasteiger partial charge on any atom is -0.338 e. The molecule has 1 aromatic heterocycles. The average molecular weight is 420 g/mol. The van der Waals surface area contributed by atoms with Crippen molar-refractivity contribution in [3.63, 3.8) is 0 Å². The average Bonchev–Trinajstić information content (AvgIpc) is 3.24. The van der Waals surface area contributed by atoms with Gasteiger partial charge in [0.1, 0.15) is 0 Å². The summed E-state index contributed by atoms with van der Waals surface area (Å²) in [5.74, 6) is -0.389. The Morgan fingerprint density at radius 2 is 1.93 bits per heavy atom. The summed E-state index contributed by atoms with van der Waals surface area (Å²) in [5.41, 5.74) is 1.06. The van der Waals surface area contributed by atoms with Gasteiger partial charge in [-0.15, -0.1) is 11.3 Å². The van der Waals surface area contributed by atoms with Crippen molar-refractivity contribution in [1.29, 1.82) is 0 Å². The molecule has 1 aromatic carbocycles. The Balaban J connectivity index is 1.58. The third-order valence-electron chi connectivity index (χ3n) is 4.71. The van der Waals surface area contributed by atoms with Gasteiger partial charge in [-0.2, -0.15) is 0 Å². The number of amides is 3. The number of hydrogen-bond donors (Lipinski definition) is 2. The van der Waals surface area contributed by atoms with E-state index in [-0.39, 0.29) is 23.6 Å². The number of benzene rings is 1. The molecule has 3 rings (SSSR count). The molecule has 0 atom stereocenters. The predicted octanol–water partition coefficient (Wildman–Crippen LogP) is 4.24. The molecular formula is C20H22ClN3O3S.